The van der Waals surface area contributed by atoms with Gasteiger partial charge in [-0.25, -0.2) is 0 Å². The topological polar surface area (TPSA) is 60.4 Å². The van der Waals surface area contributed by atoms with Crippen LogP contribution in [0.2, 0.25) is 0 Å². The SMILES string of the molecule is CC(=O)O[C@]1(C(C)=O)CCC2C3C=C(Cl)C4=CC(=O)C(Br)=C[C@]4(C)C3CC[C@@]21C. The lowest BCUT2D eigenvalue weighted by Crippen LogP contribution is -2.58. The molecule has 2 saturated carbocycles. The van der Waals surface area contributed by atoms with Crippen LogP contribution in [0.5, 0.6) is 0 Å². The Morgan fingerprint density at radius 2 is 1.83 bits per heavy atom. The zero-order chi connectivity index (χ0) is 21.4. The summed E-state index contributed by atoms with van der Waals surface area (Å²) in [4.78, 5) is 36.9. The van der Waals surface area contributed by atoms with Gasteiger partial charge in [0, 0.05) is 22.8 Å². The highest BCUT2D eigenvalue weighted by molar-refractivity contribution is 9.12. The lowest BCUT2D eigenvalue weighted by molar-refractivity contribution is -0.184. The molecule has 4 aliphatic rings. The summed E-state index contributed by atoms with van der Waals surface area (Å²) < 4.78 is 6.36. The number of Topliss-reactive ketones (excluding diaryl/α,β-unsaturated/α-hetero) is 1. The minimum absolute atomic E-state index is 0.0607. The first kappa shape index (κ1) is 21.0. The largest absolute Gasteiger partial charge is 0.451 e. The molecule has 0 spiro atoms. The van der Waals surface area contributed by atoms with E-state index in [4.69, 9.17) is 16.3 Å². The fourth-order valence-electron chi connectivity index (χ4n) is 6.85. The summed E-state index contributed by atoms with van der Waals surface area (Å²) in [6, 6.07) is 0. The minimum Gasteiger partial charge on any atom is -0.451 e. The van der Waals surface area contributed by atoms with E-state index in [9.17, 15) is 14.4 Å². The van der Waals surface area contributed by atoms with Crippen molar-refractivity contribution in [1.82, 2.24) is 0 Å². The summed E-state index contributed by atoms with van der Waals surface area (Å²) in [7, 11) is 0. The van der Waals surface area contributed by atoms with Crippen LogP contribution in [0.1, 0.15) is 53.4 Å². The van der Waals surface area contributed by atoms with Crippen LogP contribution in [0.4, 0.5) is 0 Å². The molecule has 6 atom stereocenters. The van der Waals surface area contributed by atoms with Crippen molar-refractivity contribution in [3.05, 3.63) is 33.3 Å². The Balaban J connectivity index is 1.81. The van der Waals surface area contributed by atoms with Crippen molar-refractivity contribution in [2.75, 3.05) is 0 Å². The number of ketones is 2. The molecule has 156 valence electrons. The van der Waals surface area contributed by atoms with Gasteiger partial charge in [-0.05, 0) is 77.9 Å². The van der Waals surface area contributed by atoms with Gasteiger partial charge in [0.1, 0.15) is 0 Å². The first-order chi connectivity index (χ1) is 13.5. The average Bonchev–Trinajstić information content (AvgIpc) is 2.91. The van der Waals surface area contributed by atoms with Crippen molar-refractivity contribution in [3.63, 3.8) is 0 Å². The molecule has 0 N–H and O–H groups in total. The molecule has 0 saturated heterocycles. The maximum Gasteiger partial charge on any atom is 0.303 e. The number of carbonyl (C=O) groups excluding carboxylic acids is 3. The number of hydrogen-bond donors (Lipinski definition) is 0. The van der Waals surface area contributed by atoms with E-state index in [2.05, 4.69) is 35.9 Å². The van der Waals surface area contributed by atoms with Crippen molar-refractivity contribution in [1.29, 1.82) is 0 Å². The molecule has 4 rings (SSSR count). The quantitative estimate of drug-likeness (QED) is 0.505. The molecule has 4 nitrogen and oxygen atoms in total. The predicted octanol–water partition coefficient (Wildman–Crippen LogP) is 5.25. The van der Waals surface area contributed by atoms with Gasteiger partial charge in [0.2, 0.25) is 0 Å². The van der Waals surface area contributed by atoms with Gasteiger partial charge >= 0.3 is 5.97 Å². The number of esters is 1. The third kappa shape index (κ3) is 2.72. The Morgan fingerprint density at radius 3 is 2.45 bits per heavy atom. The summed E-state index contributed by atoms with van der Waals surface area (Å²) >= 11 is 10.1. The molecular formula is C23H26BrClO4. The van der Waals surface area contributed by atoms with Crippen LogP contribution in [0.25, 0.3) is 0 Å². The van der Waals surface area contributed by atoms with Gasteiger partial charge in [0.15, 0.2) is 17.2 Å². The lowest BCUT2D eigenvalue weighted by Gasteiger charge is -2.56. The number of fused-ring (bicyclic) bond motifs is 5. The van der Waals surface area contributed by atoms with Gasteiger partial charge in [-0.2, -0.15) is 0 Å². The van der Waals surface area contributed by atoms with Crippen LogP contribution in [0.15, 0.2) is 33.3 Å². The van der Waals surface area contributed by atoms with E-state index >= 15 is 0 Å². The highest BCUT2D eigenvalue weighted by Gasteiger charge is 2.67. The molecule has 6 heteroatoms. The van der Waals surface area contributed by atoms with Crippen molar-refractivity contribution >= 4 is 45.1 Å². The van der Waals surface area contributed by atoms with E-state index in [1.807, 2.05) is 6.08 Å². The smallest absolute Gasteiger partial charge is 0.303 e. The second-order valence-electron chi connectivity index (χ2n) is 9.47. The van der Waals surface area contributed by atoms with E-state index in [1.165, 1.54) is 6.92 Å². The number of allylic oxidation sites excluding steroid dienone is 6. The standard InChI is InChI=1S/C23H26BrClO4/c1-12(26)23(29-13(2)27)8-6-16-14-9-19(25)17-10-20(28)18(24)11-21(17,3)15(14)5-7-22(16,23)4/h9-11,14-16H,5-8H2,1-4H3/t14?,15?,16?,21-,22+,23+/m1/s1. The average molecular weight is 482 g/mol. The Bertz CT molecular complexity index is 918. The first-order valence-corrected chi connectivity index (χ1v) is 11.4. The maximum atomic E-state index is 12.8. The highest BCUT2D eigenvalue weighted by Crippen LogP contribution is 2.67. The van der Waals surface area contributed by atoms with Crippen LogP contribution in [0.3, 0.4) is 0 Å². The number of hydrogen-bond acceptors (Lipinski definition) is 4. The number of ether oxygens (including phenoxy) is 1. The molecule has 0 radical (unpaired) electrons. The summed E-state index contributed by atoms with van der Waals surface area (Å²) in [5.74, 6) is 0.0758. The summed E-state index contributed by atoms with van der Waals surface area (Å²) in [5.41, 5.74) is -0.950. The Hall–Kier alpha value is -1.20. The fourth-order valence-corrected chi connectivity index (χ4v) is 7.84. The van der Waals surface area contributed by atoms with Crippen molar-refractivity contribution in [2.45, 2.75) is 59.0 Å². The van der Waals surface area contributed by atoms with Gasteiger partial charge in [0.25, 0.3) is 0 Å². The van der Waals surface area contributed by atoms with Crippen molar-refractivity contribution in [2.24, 2.45) is 28.6 Å². The number of halogens is 2. The van der Waals surface area contributed by atoms with E-state index in [0.29, 0.717) is 15.9 Å². The molecule has 0 aromatic rings. The molecule has 29 heavy (non-hydrogen) atoms. The molecule has 0 aromatic carbocycles. The van der Waals surface area contributed by atoms with Gasteiger partial charge in [-0.15, -0.1) is 0 Å². The normalized spacial score (nSPS) is 43.3. The zero-order valence-electron chi connectivity index (χ0n) is 17.2. The zero-order valence-corrected chi connectivity index (χ0v) is 19.5. The maximum absolute atomic E-state index is 12.8. The van der Waals surface area contributed by atoms with E-state index in [0.717, 1.165) is 24.8 Å². The van der Waals surface area contributed by atoms with Crippen LogP contribution >= 0.6 is 27.5 Å². The molecule has 0 aromatic heterocycles. The molecule has 0 amide bonds. The molecule has 0 heterocycles. The Morgan fingerprint density at radius 1 is 1.17 bits per heavy atom. The molecule has 3 unspecified atom stereocenters. The lowest BCUT2D eigenvalue weighted by atomic mass is 9.48. The summed E-state index contributed by atoms with van der Waals surface area (Å²) in [5, 5.41) is 0.621. The molecule has 2 fully saturated rings. The van der Waals surface area contributed by atoms with Gasteiger partial charge < -0.3 is 4.74 Å². The van der Waals surface area contributed by atoms with Crippen molar-refractivity contribution < 1.29 is 19.1 Å². The molecule has 0 bridgehead atoms. The molecular weight excluding hydrogens is 456 g/mol. The van der Waals surface area contributed by atoms with Crippen LogP contribution in [-0.4, -0.2) is 23.1 Å². The van der Waals surface area contributed by atoms with E-state index < -0.39 is 17.0 Å². The van der Waals surface area contributed by atoms with E-state index in [-0.39, 0.29) is 34.7 Å². The van der Waals surface area contributed by atoms with Crippen LogP contribution in [-0.2, 0) is 19.1 Å². The van der Waals surface area contributed by atoms with Crippen LogP contribution in [0, 0.1) is 28.6 Å². The second-order valence-corrected chi connectivity index (χ2v) is 10.7. The third-order valence-corrected chi connectivity index (χ3v) is 9.17. The highest BCUT2D eigenvalue weighted by atomic mass is 79.9. The van der Waals surface area contributed by atoms with E-state index in [1.54, 1.807) is 13.0 Å². The fraction of sp³-hybridized carbons (Fsp3) is 0.609. The second kappa shape index (κ2) is 6.65. The van der Waals surface area contributed by atoms with Gasteiger partial charge in [-0.1, -0.05) is 37.6 Å². The molecule has 4 aliphatic carbocycles. The predicted molar refractivity (Wildman–Crippen MR) is 114 cm³/mol. The molecule has 0 aliphatic heterocycles. The van der Waals surface area contributed by atoms with Gasteiger partial charge in [0.05, 0.1) is 4.48 Å². The number of rotatable bonds is 2. The summed E-state index contributed by atoms with van der Waals surface area (Å²) in [6.07, 6.45) is 8.78. The third-order valence-electron chi connectivity index (χ3n) is 8.22. The number of carbonyl (C=O) groups is 3. The summed E-state index contributed by atoms with van der Waals surface area (Å²) in [6.45, 7) is 7.18. The Kier molecular flexibility index (Phi) is 4.83. The first-order valence-electron chi connectivity index (χ1n) is 10.2. The monoisotopic (exact) mass is 480 g/mol. The minimum atomic E-state index is -1.06. The Labute approximate surface area is 184 Å². The van der Waals surface area contributed by atoms with Crippen molar-refractivity contribution in [3.8, 4) is 0 Å². The van der Waals surface area contributed by atoms with Crippen LogP contribution < -0.4 is 0 Å². The van der Waals surface area contributed by atoms with Gasteiger partial charge in [-0.3, -0.25) is 14.4 Å².